The molecule has 0 bridgehead atoms. The molecule has 7 heteroatoms. The van der Waals surface area contributed by atoms with Crippen LogP contribution in [0.15, 0.2) is 35.5 Å². The van der Waals surface area contributed by atoms with Crippen LogP contribution < -0.4 is 5.32 Å². The topological polar surface area (TPSA) is 110 Å². The van der Waals surface area contributed by atoms with Crippen molar-refractivity contribution in [2.24, 2.45) is 5.92 Å². The fourth-order valence-electron chi connectivity index (χ4n) is 3.79. The van der Waals surface area contributed by atoms with Crippen LogP contribution in [0, 0.1) is 16.0 Å². The molecule has 134 valence electrons. The second kappa shape index (κ2) is 6.76. The molecule has 0 unspecified atom stereocenters. The summed E-state index contributed by atoms with van der Waals surface area (Å²) in [4.78, 5) is 35.2. The number of carbonyl (C=O) groups excluding carboxylic acids is 2. The molecule has 2 rings (SSSR count). The smallest absolute Gasteiger partial charge is 0.269 e. The standard InChI is InChI=1S/C18H22N2O5/c1-10(21)15-14(19-4)9-18(3,23)17(11(2)22)16(15)12-6-5-7-13(8-12)20(24)25/h5-8,16-17,19,23H,9H2,1-4H3/t16-,17+,18-/m0/s1. The second-order valence-corrected chi connectivity index (χ2v) is 6.65. The highest BCUT2D eigenvalue weighted by atomic mass is 16.6. The first-order chi connectivity index (χ1) is 11.6. The lowest BCUT2D eigenvalue weighted by molar-refractivity contribution is -0.384. The van der Waals surface area contributed by atoms with E-state index < -0.39 is 22.4 Å². The van der Waals surface area contributed by atoms with Gasteiger partial charge in [0.2, 0.25) is 0 Å². The van der Waals surface area contributed by atoms with Crippen molar-refractivity contribution >= 4 is 17.3 Å². The molecule has 0 saturated heterocycles. The van der Waals surface area contributed by atoms with Crippen LogP contribution in [0.4, 0.5) is 5.69 Å². The van der Waals surface area contributed by atoms with E-state index in [2.05, 4.69) is 5.32 Å². The van der Waals surface area contributed by atoms with E-state index in [4.69, 9.17) is 0 Å². The van der Waals surface area contributed by atoms with E-state index in [1.54, 1.807) is 20.0 Å². The Balaban J connectivity index is 2.77. The molecular formula is C18H22N2O5. The van der Waals surface area contributed by atoms with Crippen molar-refractivity contribution in [3.05, 3.63) is 51.2 Å². The maximum atomic E-state index is 12.3. The van der Waals surface area contributed by atoms with Gasteiger partial charge in [0.25, 0.3) is 5.69 Å². The first kappa shape index (κ1) is 18.8. The number of carbonyl (C=O) groups is 2. The number of nitrogens with zero attached hydrogens (tertiary/aromatic N) is 1. The average Bonchev–Trinajstić information content (AvgIpc) is 2.52. The molecule has 0 amide bonds. The molecule has 1 aromatic rings. The number of hydrogen-bond acceptors (Lipinski definition) is 6. The van der Waals surface area contributed by atoms with Gasteiger partial charge in [-0.1, -0.05) is 12.1 Å². The van der Waals surface area contributed by atoms with E-state index in [9.17, 15) is 24.8 Å². The van der Waals surface area contributed by atoms with E-state index in [0.29, 0.717) is 16.8 Å². The number of nitro benzene ring substituents is 1. The van der Waals surface area contributed by atoms with E-state index in [1.807, 2.05) is 0 Å². The number of ketones is 2. The predicted octanol–water partition coefficient (Wildman–Crippen LogP) is 2.10. The summed E-state index contributed by atoms with van der Waals surface area (Å²) in [5, 5.41) is 24.9. The summed E-state index contributed by atoms with van der Waals surface area (Å²) >= 11 is 0. The fraction of sp³-hybridized carbons (Fsp3) is 0.444. The third kappa shape index (κ3) is 3.46. The second-order valence-electron chi connectivity index (χ2n) is 6.65. The molecular weight excluding hydrogens is 324 g/mol. The highest BCUT2D eigenvalue weighted by Gasteiger charge is 2.49. The van der Waals surface area contributed by atoms with Crippen molar-refractivity contribution in [1.82, 2.24) is 5.32 Å². The third-order valence-corrected chi connectivity index (χ3v) is 4.73. The molecule has 2 N–H and O–H groups in total. The van der Waals surface area contributed by atoms with Crippen LogP contribution in [-0.2, 0) is 9.59 Å². The largest absolute Gasteiger partial charge is 0.391 e. The summed E-state index contributed by atoms with van der Waals surface area (Å²) in [5.74, 6) is -2.12. The zero-order chi connectivity index (χ0) is 18.9. The lowest BCUT2D eigenvalue weighted by atomic mass is 9.64. The molecule has 0 radical (unpaired) electrons. The molecule has 1 aliphatic rings. The van der Waals surface area contributed by atoms with Crippen LogP contribution in [0.3, 0.4) is 0 Å². The number of benzene rings is 1. The quantitative estimate of drug-likeness (QED) is 0.624. The van der Waals surface area contributed by atoms with Gasteiger partial charge in [-0.25, -0.2) is 0 Å². The van der Waals surface area contributed by atoms with Gasteiger partial charge in [-0.2, -0.15) is 0 Å². The maximum Gasteiger partial charge on any atom is 0.269 e. The average molecular weight is 346 g/mol. The van der Waals surface area contributed by atoms with Gasteiger partial charge < -0.3 is 10.4 Å². The Bertz CT molecular complexity index is 766. The van der Waals surface area contributed by atoms with Gasteiger partial charge in [0.05, 0.1) is 16.4 Å². The Morgan fingerprint density at radius 1 is 1.36 bits per heavy atom. The summed E-state index contributed by atoms with van der Waals surface area (Å²) in [7, 11) is 1.65. The third-order valence-electron chi connectivity index (χ3n) is 4.73. The number of nitrogens with one attached hydrogen (secondary N) is 1. The van der Waals surface area contributed by atoms with Gasteiger partial charge in [0.15, 0.2) is 5.78 Å². The zero-order valence-corrected chi connectivity index (χ0v) is 14.7. The van der Waals surface area contributed by atoms with E-state index in [0.717, 1.165) is 0 Å². The Labute approximate surface area is 145 Å². The Morgan fingerprint density at radius 3 is 2.48 bits per heavy atom. The maximum absolute atomic E-state index is 12.3. The number of allylic oxidation sites excluding steroid dienone is 1. The summed E-state index contributed by atoms with van der Waals surface area (Å²) in [5.41, 5.74) is -0.106. The number of aliphatic hydroxyl groups is 1. The molecule has 0 heterocycles. The minimum atomic E-state index is -1.38. The summed E-state index contributed by atoms with van der Waals surface area (Å²) in [6.07, 6.45) is 0.133. The molecule has 1 aliphatic carbocycles. The minimum Gasteiger partial charge on any atom is -0.391 e. The Morgan fingerprint density at radius 2 is 2.00 bits per heavy atom. The number of non-ortho nitro benzene ring substituents is 1. The van der Waals surface area contributed by atoms with Gasteiger partial charge in [-0.15, -0.1) is 0 Å². The Hall–Kier alpha value is -2.54. The highest BCUT2D eigenvalue weighted by molar-refractivity contribution is 5.98. The van der Waals surface area contributed by atoms with Crippen LogP contribution in [0.5, 0.6) is 0 Å². The lowest BCUT2D eigenvalue weighted by Crippen LogP contribution is -2.48. The van der Waals surface area contributed by atoms with Crippen molar-refractivity contribution in [3.63, 3.8) is 0 Å². The van der Waals surface area contributed by atoms with Crippen LogP contribution in [0.25, 0.3) is 0 Å². The van der Waals surface area contributed by atoms with E-state index in [1.165, 1.54) is 32.0 Å². The lowest BCUT2D eigenvalue weighted by Gasteiger charge is -2.43. The first-order valence-electron chi connectivity index (χ1n) is 7.99. The highest BCUT2D eigenvalue weighted by Crippen LogP contribution is 2.47. The molecule has 0 aromatic heterocycles. The van der Waals surface area contributed by atoms with E-state index >= 15 is 0 Å². The monoisotopic (exact) mass is 346 g/mol. The summed E-state index contributed by atoms with van der Waals surface area (Å²) in [6, 6.07) is 5.87. The predicted molar refractivity (Wildman–Crippen MR) is 92.0 cm³/mol. The number of Topliss-reactive ketones (excluding diaryl/α,β-unsaturated/α-hetero) is 2. The van der Waals surface area contributed by atoms with Crippen LogP contribution in [0.1, 0.15) is 38.7 Å². The van der Waals surface area contributed by atoms with Crippen LogP contribution in [0.2, 0.25) is 0 Å². The Kier molecular flexibility index (Phi) is 5.08. The molecule has 0 saturated carbocycles. The molecule has 0 aliphatic heterocycles. The van der Waals surface area contributed by atoms with Crippen molar-refractivity contribution in [2.75, 3.05) is 7.05 Å². The fourth-order valence-corrected chi connectivity index (χ4v) is 3.79. The van der Waals surface area contributed by atoms with Gasteiger partial charge in [0.1, 0.15) is 5.78 Å². The van der Waals surface area contributed by atoms with Crippen LogP contribution in [-0.4, -0.2) is 34.2 Å². The first-order valence-corrected chi connectivity index (χ1v) is 7.99. The van der Waals surface area contributed by atoms with Crippen LogP contribution >= 0.6 is 0 Å². The SMILES string of the molecule is CNC1=C(C(C)=O)[C@H](c2cccc([N+](=O)[O-])c2)[C@@H](C(C)=O)[C@@](C)(O)C1. The molecule has 3 atom stereocenters. The summed E-state index contributed by atoms with van der Waals surface area (Å²) < 4.78 is 0. The minimum absolute atomic E-state index is 0.126. The van der Waals surface area contributed by atoms with Gasteiger partial charge in [-0.05, 0) is 26.3 Å². The number of nitro groups is 1. The zero-order valence-electron chi connectivity index (χ0n) is 14.7. The molecule has 7 nitrogen and oxygen atoms in total. The van der Waals surface area contributed by atoms with Crippen molar-refractivity contribution in [1.29, 1.82) is 0 Å². The molecule has 25 heavy (non-hydrogen) atoms. The van der Waals surface area contributed by atoms with Crippen molar-refractivity contribution in [2.45, 2.75) is 38.7 Å². The number of hydrogen-bond donors (Lipinski definition) is 2. The van der Waals surface area contributed by atoms with E-state index in [-0.39, 0.29) is 23.7 Å². The van der Waals surface area contributed by atoms with Gasteiger partial charge in [0, 0.05) is 42.8 Å². The van der Waals surface area contributed by atoms with Crippen molar-refractivity contribution < 1.29 is 19.6 Å². The van der Waals surface area contributed by atoms with Gasteiger partial charge >= 0.3 is 0 Å². The number of rotatable bonds is 5. The normalized spacial score (nSPS) is 26.3. The van der Waals surface area contributed by atoms with Crippen molar-refractivity contribution in [3.8, 4) is 0 Å². The molecule has 0 spiro atoms. The summed E-state index contributed by atoms with van der Waals surface area (Å²) in [6.45, 7) is 4.32. The molecule has 0 fully saturated rings. The van der Waals surface area contributed by atoms with Gasteiger partial charge in [-0.3, -0.25) is 19.7 Å². The molecule has 1 aromatic carbocycles.